The molecule has 0 amide bonds. The number of hydrogen-bond acceptors (Lipinski definition) is 9. The number of unbranched alkanes of at least 4 members (excludes halogenated alkanes) is 2. The van der Waals surface area contributed by atoms with E-state index < -0.39 is 48.0 Å². The van der Waals surface area contributed by atoms with Crippen LogP contribution < -0.4 is 11.2 Å². The third-order valence-corrected chi connectivity index (χ3v) is 4.55. The Kier molecular flexibility index (Phi) is 6.52. The molecule has 154 valence electrons. The molecule has 1 aliphatic rings. The lowest BCUT2D eigenvalue weighted by atomic mass is 10.00. The van der Waals surface area contributed by atoms with E-state index in [-0.39, 0.29) is 16.1 Å². The SMILES string of the molecule is CCCCCC(F)N(O)[C@@]1(O)[C@H](O)[C@@H](CO)O[C@]1(O)n1ccc(=O)[nH]c1=O. The molecule has 0 bridgehead atoms. The van der Waals surface area contributed by atoms with Gasteiger partial charge in [-0.3, -0.25) is 9.78 Å². The highest BCUT2D eigenvalue weighted by molar-refractivity contribution is 5.05. The zero-order chi connectivity index (χ0) is 20.4. The van der Waals surface area contributed by atoms with Crippen LogP contribution in [0.1, 0.15) is 32.6 Å². The maximum atomic E-state index is 14.5. The summed E-state index contributed by atoms with van der Waals surface area (Å²) in [6.45, 7) is 0.948. The molecule has 1 unspecified atom stereocenters. The molecule has 0 saturated carbocycles. The van der Waals surface area contributed by atoms with Gasteiger partial charge in [-0.15, -0.1) is 5.06 Å². The van der Waals surface area contributed by atoms with Gasteiger partial charge in [0, 0.05) is 12.3 Å². The molecule has 1 aromatic heterocycles. The van der Waals surface area contributed by atoms with Gasteiger partial charge >= 0.3 is 11.6 Å². The third kappa shape index (κ3) is 3.57. The predicted molar refractivity (Wildman–Crippen MR) is 87.1 cm³/mol. The van der Waals surface area contributed by atoms with Crippen molar-refractivity contribution in [1.29, 1.82) is 0 Å². The van der Waals surface area contributed by atoms with Gasteiger partial charge in [-0.05, 0) is 12.8 Å². The fourth-order valence-electron chi connectivity index (χ4n) is 3.02. The Labute approximate surface area is 152 Å². The van der Waals surface area contributed by atoms with Crippen LogP contribution in [-0.4, -0.2) is 71.1 Å². The van der Waals surface area contributed by atoms with E-state index in [9.17, 15) is 39.6 Å². The molecule has 1 aliphatic heterocycles. The number of aromatic amines is 1. The molecule has 5 atom stereocenters. The maximum Gasteiger partial charge on any atom is 0.332 e. The molecule has 1 aromatic rings. The molecule has 2 heterocycles. The summed E-state index contributed by atoms with van der Waals surface area (Å²) in [5.41, 5.74) is -5.36. The normalized spacial score (nSPS) is 32.1. The number of rotatable bonds is 8. The molecular formula is C15H24FN3O8. The Morgan fingerprint density at radius 1 is 1.41 bits per heavy atom. The summed E-state index contributed by atoms with van der Waals surface area (Å²) in [6.07, 6.45) is -3.90. The summed E-state index contributed by atoms with van der Waals surface area (Å²) in [5.74, 6) is -3.22. The van der Waals surface area contributed by atoms with E-state index in [4.69, 9.17) is 4.74 Å². The summed E-state index contributed by atoms with van der Waals surface area (Å²) < 4.78 is 19.8. The Hall–Kier alpha value is -1.67. The molecule has 6 N–H and O–H groups in total. The molecule has 0 radical (unpaired) electrons. The van der Waals surface area contributed by atoms with Crippen LogP contribution in [-0.2, 0) is 10.6 Å². The minimum absolute atomic E-state index is 0.250. The number of nitrogens with one attached hydrogen (secondary N) is 1. The topological polar surface area (TPSA) is 168 Å². The summed E-state index contributed by atoms with van der Waals surface area (Å²) >= 11 is 0. The summed E-state index contributed by atoms with van der Waals surface area (Å²) in [4.78, 5) is 25.1. The van der Waals surface area contributed by atoms with Crippen molar-refractivity contribution in [3.05, 3.63) is 33.1 Å². The van der Waals surface area contributed by atoms with E-state index in [2.05, 4.69) is 0 Å². The Balaban J connectivity index is 2.50. The number of nitrogens with zero attached hydrogens (tertiary/aromatic N) is 2. The van der Waals surface area contributed by atoms with Crippen molar-refractivity contribution >= 4 is 0 Å². The van der Waals surface area contributed by atoms with Crippen molar-refractivity contribution < 1.29 is 34.8 Å². The van der Waals surface area contributed by atoms with Crippen LogP contribution in [0.5, 0.6) is 0 Å². The number of aromatic nitrogens is 2. The smallest absolute Gasteiger partial charge is 0.332 e. The number of aliphatic hydroxyl groups excluding tert-OH is 2. The second-order valence-corrected chi connectivity index (χ2v) is 6.37. The van der Waals surface area contributed by atoms with Crippen molar-refractivity contribution in [1.82, 2.24) is 14.6 Å². The Morgan fingerprint density at radius 3 is 2.63 bits per heavy atom. The molecule has 0 aromatic carbocycles. The number of alkyl halides is 1. The summed E-state index contributed by atoms with van der Waals surface area (Å²) in [7, 11) is 0. The molecule has 0 aliphatic carbocycles. The lowest BCUT2D eigenvalue weighted by Gasteiger charge is -2.43. The van der Waals surface area contributed by atoms with Gasteiger partial charge in [0.25, 0.3) is 5.56 Å². The van der Waals surface area contributed by atoms with Gasteiger partial charge < -0.3 is 30.4 Å². The minimum Gasteiger partial charge on any atom is -0.394 e. The fraction of sp³-hybridized carbons (Fsp3) is 0.733. The molecule has 12 heteroatoms. The standard InChI is InChI=1S/C15H24FN3O8/c1-2-3-4-5-10(16)19(26)14(24)12(22)9(8-20)27-15(14,25)18-7-6-11(21)17-13(18)23/h6-7,9-10,12,20,22,24-26H,2-5,8H2,1H3,(H,17,21,23)/t9-,10?,12-,14-,15+/m1/s1. The van der Waals surface area contributed by atoms with Gasteiger partial charge in [0.1, 0.15) is 12.2 Å². The molecule has 1 fully saturated rings. The number of aliphatic hydroxyl groups is 4. The average Bonchev–Trinajstić information content (AvgIpc) is 2.83. The van der Waals surface area contributed by atoms with Crippen LogP contribution in [0.25, 0.3) is 0 Å². The van der Waals surface area contributed by atoms with Crippen molar-refractivity contribution in [3.8, 4) is 0 Å². The lowest BCUT2D eigenvalue weighted by Crippen LogP contribution is -2.69. The highest BCUT2D eigenvalue weighted by Crippen LogP contribution is 2.44. The van der Waals surface area contributed by atoms with Crippen molar-refractivity contribution in [2.24, 2.45) is 0 Å². The fourth-order valence-corrected chi connectivity index (χ4v) is 3.02. The molecule has 27 heavy (non-hydrogen) atoms. The van der Waals surface area contributed by atoms with Crippen LogP contribution >= 0.6 is 0 Å². The van der Waals surface area contributed by atoms with Crippen LogP contribution in [0.15, 0.2) is 21.9 Å². The van der Waals surface area contributed by atoms with E-state index in [1.807, 2.05) is 6.92 Å². The van der Waals surface area contributed by atoms with Gasteiger partial charge in [-0.2, -0.15) is 0 Å². The zero-order valence-electron chi connectivity index (χ0n) is 14.7. The lowest BCUT2D eigenvalue weighted by molar-refractivity contribution is -0.428. The first-order valence-electron chi connectivity index (χ1n) is 8.49. The van der Waals surface area contributed by atoms with Crippen molar-refractivity contribution in [3.63, 3.8) is 0 Å². The second-order valence-electron chi connectivity index (χ2n) is 6.37. The van der Waals surface area contributed by atoms with E-state index >= 15 is 0 Å². The van der Waals surface area contributed by atoms with Gasteiger partial charge in [-0.25, -0.2) is 13.8 Å². The van der Waals surface area contributed by atoms with Gasteiger partial charge in [0.2, 0.25) is 5.72 Å². The van der Waals surface area contributed by atoms with Crippen LogP contribution in [0.2, 0.25) is 0 Å². The van der Waals surface area contributed by atoms with Gasteiger partial charge in [-0.1, -0.05) is 19.8 Å². The largest absolute Gasteiger partial charge is 0.394 e. The number of halogens is 1. The molecular weight excluding hydrogens is 369 g/mol. The first kappa shape index (κ1) is 21.6. The van der Waals surface area contributed by atoms with Crippen LogP contribution in [0.3, 0.4) is 0 Å². The molecule has 2 rings (SSSR count). The number of H-pyrrole nitrogens is 1. The number of hydroxylamine groups is 2. The number of ether oxygens (including phenoxy) is 1. The quantitative estimate of drug-likeness (QED) is 0.128. The molecule has 1 saturated heterocycles. The van der Waals surface area contributed by atoms with Crippen LogP contribution in [0, 0.1) is 0 Å². The Bertz CT molecular complexity index is 757. The zero-order valence-corrected chi connectivity index (χ0v) is 14.7. The van der Waals surface area contributed by atoms with E-state index in [0.29, 0.717) is 12.8 Å². The molecule has 11 nitrogen and oxygen atoms in total. The van der Waals surface area contributed by atoms with Gasteiger partial charge in [0.15, 0.2) is 6.30 Å². The van der Waals surface area contributed by atoms with Crippen LogP contribution in [0.4, 0.5) is 4.39 Å². The van der Waals surface area contributed by atoms with Crippen molar-refractivity contribution in [2.45, 2.75) is 62.7 Å². The van der Waals surface area contributed by atoms with E-state index in [0.717, 1.165) is 18.7 Å². The van der Waals surface area contributed by atoms with E-state index in [1.54, 1.807) is 4.98 Å². The second kappa shape index (κ2) is 8.14. The van der Waals surface area contributed by atoms with E-state index in [1.165, 1.54) is 0 Å². The summed E-state index contributed by atoms with van der Waals surface area (Å²) in [5, 5.41) is 51.2. The first-order valence-corrected chi connectivity index (χ1v) is 8.49. The van der Waals surface area contributed by atoms with Crippen molar-refractivity contribution in [2.75, 3.05) is 6.61 Å². The average molecular weight is 393 g/mol. The predicted octanol–water partition coefficient (Wildman–Crippen LogP) is -1.85. The first-order chi connectivity index (χ1) is 12.6. The van der Waals surface area contributed by atoms with Gasteiger partial charge in [0.05, 0.1) is 6.61 Å². The highest BCUT2D eigenvalue weighted by atomic mass is 19.1. The monoisotopic (exact) mass is 393 g/mol. The maximum absolute atomic E-state index is 14.5. The minimum atomic E-state index is -3.27. The number of hydrogen-bond donors (Lipinski definition) is 6. The summed E-state index contributed by atoms with van der Waals surface area (Å²) in [6, 6.07) is 0.803. The highest BCUT2D eigenvalue weighted by Gasteiger charge is 2.71. The Morgan fingerprint density at radius 2 is 2.07 bits per heavy atom. The third-order valence-electron chi connectivity index (χ3n) is 4.55. The molecule has 0 spiro atoms.